The van der Waals surface area contributed by atoms with Gasteiger partial charge in [0, 0.05) is 16.6 Å². The van der Waals surface area contributed by atoms with Gasteiger partial charge in [-0.2, -0.15) is 0 Å². The molecule has 0 bridgehead atoms. The van der Waals surface area contributed by atoms with Crippen molar-refractivity contribution in [2.24, 2.45) is 0 Å². The number of amides is 2. The molecule has 0 unspecified atom stereocenters. The van der Waals surface area contributed by atoms with Gasteiger partial charge in [-0.05, 0) is 43.0 Å². The van der Waals surface area contributed by atoms with E-state index in [4.69, 9.17) is 0 Å². The Kier molecular flexibility index (Phi) is 3.90. The van der Waals surface area contributed by atoms with Crippen molar-refractivity contribution in [3.05, 3.63) is 77.0 Å². The third-order valence-corrected chi connectivity index (χ3v) is 4.47. The van der Waals surface area contributed by atoms with Crippen molar-refractivity contribution in [3.8, 4) is 0 Å². The second-order valence-electron chi connectivity index (χ2n) is 6.06. The van der Waals surface area contributed by atoms with Crippen LogP contribution >= 0.6 is 0 Å². The highest BCUT2D eigenvalue weighted by Crippen LogP contribution is 2.29. The van der Waals surface area contributed by atoms with Gasteiger partial charge in [0.2, 0.25) is 0 Å². The zero-order chi connectivity index (χ0) is 17.2. The fourth-order valence-electron chi connectivity index (χ4n) is 3.31. The van der Waals surface area contributed by atoms with Crippen LogP contribution in [0.4, 0.5) is 0 Å². The maximum Gasteiger partial charge on any atom is 0.270 e. The molecule has 25 heavy (non-hydrogen) atoms. The monoisotopic (exact) mass is 331 g/mol. The molecule has 0 spiro atoms. The number of benzene rings is 2. The van der Waals surface area contributed by atoms with Gasteiger partial charge >= 0.3 is 0 Å². The molecule has 2 amide bonds. The number of hydrazine groups is 1. The van der Waals surface area contributed by atoms with E-state index in [2.05, 4.69) is 15.8 Å². The Bertz CT molecular complexity index is 967. The van der Waals surface area contributed by atoms with Gasteiger partial charge in [-0.25, -0.2) is 0 Å². The molecule has 3 aromatic rings. The van der Waals surface area contributed by atoms with Gasteiger partial charge in [-0.1, -0.05) is 36.4 Å². The molecule has 0 fully saturated rings. The Balaban J connectivity index is 1.63. The summed E-state index contributed by atoms with van der Waals surface area (Å²) in [6, 6.07) is 16.4. The Morgan fingerprint density at radius 2 is 1.56 bits per heavy atom. The van der Waals surface area contributed by atoms with Crippen LogP contribution in [0.15, 0.2) is 54.6 Å². The third-order valence-electron chi connectivity index (χ3n) is 4.47. The zero-order valence-electron chi connectivity index (χ0n) is 13.6. The molecule has 4 rings (SSSR count). The topological polar surface area (TPSA) is 71.1 Å². The van der Waals surface area contributed by atoms with Crippen molar-refractivity contribution in [1.29, 1.82) is 0 Å². The Labute approximate surface area is 145 Å². The average molecular weight is 331 g/mol. The first-order valence-electron chi connectivity index (χ1n) is 8.30. The number of hydrogen-bond donors (Lipinski definition) is 2. The van der Waals surface area contributed by atoms with Crippen molar-refractivity contribution in [2.45, 2.75) is 19.3 Å². The Hall–Kier alpha value is -3.21. The number of carbonyl (C=O) groups is 2. The third kappa shape index (κ3) is 2.85. The van der Waals surface area contributed by atoms with Crippen molar-refractivity contribution < 1.29 is 9.59 Å². The van der Waals surface area contributed by atoms with Crippen molar-refractivity contribution in [1.82, 2.24) is 15.8 Å². The number of pyridine rings is 1. The molecule has 124 valence electrons. The molecular weight excluding hydrogens is 314 g/mol. The molecule has 5 nitrogen and oxygen atoms in total. The fourth-order valence-corrected chi connectivity index (χ4v) is 3.31. The van der Waals surface area contributed by atoms with Gasteiger partial charge < -0.3 is 0 Å². The number of carbonyl (C=O) groups excluding carboxylic acids is 2. The molecular formula is C20H17N3O2. The number of nitrogens with one attached hydrogen (secondary N) is 2. The predicted octanol–water partition coefficient (Wildman–Crippen LogP) is 2.80. The van der Waals surface area contributed by atoms with E-state index in [1.54, 1.807) is 24.3 Å². The van der Waals surface area contributed by atoms with Crippen LogP contribution in [0.2, 0.25) is 0 Å². The first-order chi connectivity index (χ1) is 12.2. The number of rotatable bonds is 2. The summed E-state index contributed by atoms with van der Waals surface area (Å²) in [6.45, 7) is 0. The lowest BCUT2D eigenvalue weighted by atomic mass is 10.0. The van der Waals surface area contributed by atoms with Crippen molar-refractivity contribution >= 4 is 22.7 Å². The summed E-state index contributed by atoms with van der Waals surface area (Å²) in [7, 11) is 0. The first-order valence-corrected chi connectivity index (χ1v) is 8.30. The Morgan fingerprint density at radius 3 is 2.40 bits per heavy atom. The van der Waals surface area contributed by atoms with Gasteiger partial charge in [-0.3, -0.25) is 25.4 Å². The van der Waals surface area contributed by atoms with E-state index in [9.17, 15) is 9.59 Å². The average Bonchev–Trinajstić information content (AvgIpc) is 3.12. The molecule has 5 heteroatoms. The molecule has 0 aliphatic heterocycles. The Morgan fingerprint density at radius 1 is 0.840 bits per heavy atom. The number of fused-ring (bicyclic) bond motifs is 2. The van der Waals surface area contributed by atoms with E-state index in [1.807, 2.05) is 30.3 Å². The van der Waals surface area contributed by atoms with Crippen LogP contribution in [0, 0.1) is 0 Å². The minimum absolute atomic E-state index is 0.305. The standard InChI is InChI=1S/C20H17N3O2/c24-19(13-7-2-1-3-8-13)22-23-20(25)18-14-9-4-5-11-16(14)21-17-12-6-10-15(17)18/h1-5,7-9,11H,6,10,12H2,(H,22,24)(H,23,25). The van der Waals surface area contributed by atoms with Crippen LogP contribution in [0.3, 0.4) is 0 Å². The maximum absolute atomic E-state index is 12.8. The van der Waals surface area contributed by atoms with E-state index in [1.165, 1.54) is 0 Å². The second kappa shape index (κ2) is 6.36. The molecule has 1 aliphatic rings. The normalized spacial score (nSPS) is 12.6. The number of aryl methyl sites for hydroxylation is 1. The largest absolute Gasteiger partial charge is 0.270 e. The lowest BCUT2D eigenvalue weighted by Crippen LogP contribution is -2.42. The minimum Gasteiger partial charge on any atom is -0.267 e. The van der Waals surface area contributed by atoms with Gasteiger partial charge in [0.15, 0.2) is 0 Å². The maximum atomic E-state index is 12.8. The van der Waals surface area contributed by atoms with Gasteiger partial charge in [0.1, 0.15) is 0 Å². The smallest absolute Gasteiger partial charge is 0.267 e. The number of para-hydroxylation sites is 1. The van der Waals surface area contributed by atoms with Gasteiger partial charge in [-0.15, -0.1) is 0 Å². The van der Waals surface area contributed by atoms with Crippen LogP contribution in [0.25, 0.3) is 10.9 Å². The fraction of sp³-hybridized carbons (Fsp3) is 0.150. The highest BCUT2D eigenvalue weighted by Gasteiger charge is 2.23. The van der Waals surface area contributed by atoms with Crippen molar-refractivity contribution in [3.63, 3.8) is 0 Å². The number of hydrogen-bond acceptors (Lipinski definition) is 3. The zero-order valence-corrected chi connectivity index (χ0v) is 13.6. The van der Waals surface area contributed by atoms with Crippen LogP contribution in [-0.4, -0.2) is 16.8 Å². The SMILES string of the molecule is O=C(NNC(=O)c1c2c(nc3ccccc13)CCC2)c1ccccc1. The molecule has 2 N–H and O–H groups in total. The minimum atomic E-state index is -0.344. The molecule has 1 aromatic heterocycles. The molecule has 2 aromatic carbocycles. The van der Waals surface area contributed by atoms with E-state index >= 15 is 0 Å². The summed E-state index contributed by atoms with van der Waals surface area (Å²) in [5, 5.41) is 0.814. The van der Waals surface area contributed by atoms with Gasteiger partial charge in [0.25, 0.3) is 11.8 Å². The van der Waals surface area contributed by atoms with Crippen molar-refractivity contribution in [2.75, 3.05) is 0 Å². The van der Waals surface area contributed by atoms with Crippen LogP contribution in [-0.2, 0) is 12.8 Å². The van der Waals surface area contributed by atoms with Gasteiger partial charge in [0.05, 0.1) is 11.1 Å². The number of nitrogens with zero attached hydrogens (tertiary/aromatic N) is 1. The molecule has 0 atom stereocenters. The van der Waals surface area contributed by atoms with Crippen LogP contribution in [0.5, 0.6) is 0 Å². The summed E-state index contributed by atoms with van der Waals surface area (Å²) in [5.74, 6) is -0.648. The quantitative estimate of drug-likeness (QED) is 0.709. The summed E-state index contributed by atoms with van der Waals surface area (Å²) in [6.07, 6.45) is 2.72. The highest BCUT2D eigenvalue weighted by molar-refractivity contribution is 6.08. The lowest BCUT2D eigenvalue weighted by Gasteiger charge is -2.13. The molecule has 1 heterocycles. The van der Waals surface area contributed by atoms with E-state index in [-0.39, 0.29) is 11.8 Å². The summed E-state index contributed by atoms with van der Waals surface area (Å²) in [5.41, 5.74) is 8.94. The summed E-state index contributed by atoms with van der Waals surface area (Å²) < 4.78 is 0. The molecule has 1 aliphatic carbocycles. The second-order valence-corrected chi connectivity index (χ2v) is 6.06. The predicted molar refractivity (Wildman–Crippen MR) is 95.1 cm³/mol. The highest BCUT2D eigenvalue weighted by atomic mass is 16.2. The summed E-state index contributed by atoms with van der Waals surface area (Å²) >= 11 is 0. The number of aromatic nitrogens is 1. The molecule has 0 saturated heterocycles. The van der Waals surface area contributed by atoms with Crippen LogP contribution < -0.4 is 10.9 Å². The van der Waals surface area contributed by atoms with E-state index < -0.39 is 0 Å². The summed E-state index contributed by atoms with van der Waals surface area (Å²) in [4.78, 5) is 29.6. The van der Waals surface area contributed by atoms with E-state index in [0.29, 0.717) is 11.1 Å². The lowest BCUT2D eigenvalue weighted by molar-refractivity contribution is 0.0847. The first kappa shape index (κ1) is 15.3. The molecule has 0 saturated carbocycles. The van der Waals surface area contributed by atoms with E-state index in [0.717, 1.165) is 41.4 Å². The molecule has 0 radical (unpaired) electrons. The van der Waals surface area contributed by atoms with Crippen LogP contribution in [0.1, 0.15) is 38.4 Å².